The van der Waals surface area contributed by atoms with Crippen LogP contribution in [0, 0.1) is 0 Å². The highest BCUT2D eigenvalue weighted by molar-refractivity contribution is 7.13. The summed E-state index contributed by atoms with van der Waals surface area (Å²) < 4.78 is 4.94. The lowest BCUT2D eigenvalue weighted by Gasteiger charge is -1.90. The van der Waals surface area contributed by atoms with Gasteiger partial charge in [-0.05, 0) is 62.8 Å². The van der Waals surface area contributed by atoms with E-state index in [0.29, 0.717) is 0 Å². The summed E-state index contributed by atoms with van der Waals surface area (Å²) in [5.41, 5.74) is 0. The average molecular weight is 411 g/mol. The molecule has 1 fully saturated rings. The first kappa shape index (κ1) is 23.7. The minimum Gasteiger partial charge on any atom is -0.396 e. The number of hydrogen-bond donors (Lipinski definition) is 1. The van der Waals surface area contributed by atoms with Crippen LogP contribution in [0.4, 0.5) is 0 Å². The van der Waals surface area contributed by atoms with E-state index in [1.165, 1.54) is 46.8 Å². The molecule has 3 rings (SSSR count). The predicted molar refractivity (Wildman–Crippen MR) is 113 cm³/mol. The number of aldehydes is 2. The summed E-state index contributed by atoms with van der Waals surface area (Å²) in [6.45, 7) is 4.39. The summed E-state index contributed by atoms with van der Waals surface area (Å²) in [5, 5.41) is 8.53. The lowest BCUT2D eigenvalue weighted by Crippen LogP contribution is -1.84. The van der Waals surface area contributed by atoms with Crippen molar-refractivity contribution >= 4 is 35.2 Å². The second-order valence-corrected chi connectivity index (χ2v) is 8.49. The fourth-order valence-corrected chi connectivity index (χ4v) is 4.04. The standard InChI is InChI=1S/C9H12OS.C8H10O2S.C4H8O/c1-2-3-4-8-5-6-9(7-10)11-8;9-5-1-2-7-3-4-8(6-10)11-7;1-2-4-5-3-1/h5-7H,2-4H2,1H3;3-4,6,9H,1-2,5H2;1-4H2. The molecule has 3 heterocycles. The molecule has 1 aliphatic rings. The van der Waals surface area contributed by atoms with Gasteiger partial charge in [0.2, 0.25) is 0 Å². The van der Waals surface area contributed by atoms with Crippen LogP contribution in [0.25, 0.3) is 0 Å². The summed E-state index contributed by atoms with van der Waals surface area (Å²) >= 11 is 3.10. The Kier molecular flexibility index (Phi) is 13.8. The number of carbonyl (C=O) groups is 2. The van der Waals surface area contributed by atoms with Gasteiger partial charge in [0.1, 0.15) is 0 Å². The van der Waals surface area contributed by atoms with E-state index in [-0.39, 0.29) is 6.61 Å². The molecule has 27 heavy (non-hydrogen) atoms. The van der Waals surface area contributed by atoms with Crippen molar-refractivity contribution in [3.63, 3.8) is 0 Å². The number of rotatable bonds is 8. The molecule has 0 atom stereocenters. The zero-order chi connectivity index (χ0) is 19.7. The molecular formula is C21H30O4S2. The molecule has 2 aromatic rings. The first-order valence-electron chi connectivity index (χ1n) is 9.49. The normalized spacial score (nSPS) is 12.5. The van der Waals surface area contributed by atoms with Gasteiger partial charge in [-0.25, -0.2) is 0 Å². The molecule has 0 bridgehead atoms. The Morgan fingerprint density at radius 3 is 1.78 bits per heavy atom. The van der Waals surface area contributed by atoms with E-state index in [2.05, 4.69) is 6.92 Å². The molecular weight excluding hydrogens is 380 g/mol. The molecule has 1 N–H and O–H groups in total. The quantitative estimate of drug-likeness (QED) is 0.609. The van der Waals surface area contributed by atoms with Crippen LogP contribution >= 0.6 is 22.7 Å². The Bertz CT molecular complexity index is 572. The number of unbranched alkanes of at least 4 members (excludes halogenated alkanes) is 1. The lowest BCUT2D eigenvalue weighted by atomic mass is 10.2. The molecule has 0 radical (unpaired) electrons. The molecule has 0 spiro atoms. The molecule has 0 aromatic carbocycles. The molecule has 0 saturated carbocycles. The Labute approximate surface area is 170 Å². The number of aliphatic hydroxyl groups is 1. The Hall–Kier alpha value is -1.34. The number of aryl methyl sites for hydroxylation is 2. The van der Waals surface area contributed by atoms with Gasteiger partial charge in [0.05, 0.1) is 9.75 Å². The summed E-state index contributed by atoms with van der Waals surface area (Å²) in [4.78, 5) is 24.7. The van der Waals surface area contributed by atoms with E-state index in [4.69, 9.17) is 9.84 Å². The maximum atomic E-state index is 10.3. The molecule has 0 unspecified atom stereocenters. The first-order chi connectivity index (χ1) is 13.2. The highest BCUT2D eigenvalue weighted by Gasteiger charge is 1.98. The molecule has 4 nitrogen and oxygen atoms in total. The average Bonchev–Trinajstić information content (AvgIpc) is 3.48. The number of hydrogen-bond acceptors (Lipinski definition) is 6. The fourth-order valence-electron chi connectivity index (χ4n) is 2.30. The van der Waals surface area contributed by atoms with E-state index in [0.717, 1.165) is 54.8 Å². The highest BCUT2D eigenvalue weighted by atomic mass is 32.1. The van der Waals surface area contributed by atoms with Crippen LogP contribution in [0.15, 0.2) is 24.3 Å². The maximum Gasteiger partial charge on any atom is 0.160 e. The monoisotopic (exact) mass is 410 g/mol. The van der Waals surface area contributed by atoms with Crippen LogP contribution in [-0.2, 0) is 17.6 Å². The van der Waals surface area contributed by atoms with Crippen LogP contribution in [-0.4, -0.2) is 37.5 Å². The second-order valence-electron chi connectivity index (χ2n) is 6.09. The van der Waals surface area contributed by atoms with Crippen LogP contribution < -0.4 is 0 Å². The minimum absolute atomic E-state index is 0.217. The van der Waals surface area contributed by atoms with Crippen LogP contribution in [0.5, 0.6) is 0 Å². The van der Waals surface area contributed by atoms with Crippen molar-refractivity contribution in [2.75, 3.05) is 19.8 Å². The van der Waals surface area contributed by atoms with Crippen LogP contribution in [0.1, 0.15) is 68.1 Å². The van der Waals surface area contributed by atoms with Crippen molar-refractivity contribution in [2.45, 2.75) is 51.9 Å². The molecule has 1 saturated heterocycles. The Morgan fingerprint density at radius 1 is 0.926 bits per heavy atom. The zero-order valence-corrected chi connectivity index (χ0v) is 17.7. The third-order valence-electron chi connectivity index (χ3n) is 3.78. The van der Waals surface area contributed by atoms with E-state index in [9.17, 15) is 9.59 Å². The van der Waals surface area contributed by atoms with Gasteiger partial charge in [0, 0.05) is 29.6 Å². The molecule has 6 heteroatoms. The summed E-state index contributed by atoms with van der Waals surface area (Å²) in [6.07, 6.45) is 9.53. The summed E-state index contributed by atoms with van der Waals surface area (Å²) in [6, 6.07) is 7.68. The predicted octanol–water partition coefficient (Wildman–Crippen LogP) is 5.19. The molecule has 1 aliphatic heterocycles. The van der Waals surface area contributed by atoms with Gasteiger partial charge in [0.25, 0.3) is 0 Å². The summed E-state index contributed by atoms with van der Waals surface area (Å²) in [7, 11) is 0. The number of aliphatic hydroxyl groups excluding tert-OH is 1. The largest absolute Gasteiger partial charge is 0.396 e. The fraction of sp³-hybridized carbons (Fsp3) is 0.524. The number of ether oxygens (including phenoxy) is 1. The van der Waals surface area contributed by atoms with E-state index in [1.807, 2.05) is 24.3 Å². The Balaban J connectivity index is 0.000000216. The SMILES string of the molecule is C1CCOC1.CCCCc1ccc(C=O)s1.O=Cc1ccc(CCCO)s1. The van der Waals surface area contributed by atoms with Crippen molar-refractivity contribution < 1.29 is 19.4 Å². The zero-order valence-electron chi connectivity index (χ0n) is 16.0. The van der Waals surface area contributed by atoms with Crippen LogP contribution in [0.2, 0.25) is 0 Å². The van der Waals surface area contributed by atoms with Crippen molar-refractivity contribution in [2.24, 2.45) is 0 Å². The topological polar surface area (TPSA) is 63.6 Å². The molecule has 150 valence electrons. The highest BCUT2D eigenvalue weighted by Crippen LogP contribution is 2.17. The van der Waals surface area contributed by atoms with Crippen molar-refractivity contribution in [1.82, 2.24) is 0 Å². The first-order valence-corrected chi connectivity index (χ1v) is 11.1. The van der Waals surface area contributed by atoms with Crippen LogP contribution in [0.3, 0.4) is 0 Å². The molecule has 0 aliphatic carbocycles. The smallest absolute Gasteiger partial charge is 0.160 e. The lowest BCUT2D eigenvalue weighted by molar-refractivity contribution is 0.111. The van der Waals surface area contributed by atoms with Gasteiger partial charge in [0.15, 0.2) is 12.6 Å². The van der Waals surface area contributed by atoms with Gasteiger partial charge in [-0.1, -0.05) is 13.3 Å². The van der Waals surface area contributed by atoms with Crippen molar-refractivity contribution in [1.29, 1.82) is 0 Å². The number of thiophene rings is 2. The van der Waals surface area contributed by atoms with Gasteiger partial charge in [-0.3, -0.25) is 9.59 Å². The maximum absolute atomic E-state index is 10.3. The third-order valence-corrected chi connectivity index (χ3v) is 5.92. The number of carbonyl (C=O) groups excluding carboxylic acids is 2. The van der Waals surface area contributed by atoms with Gasteiger partial charge >= 0.3 is 0 Å². The molecule has 0 amide bonds. The van der Waals surface area contributed by atoms with Gasteiger partial charge in [-0.2, -0.15) is 0 Å². The third kappa shape index (κ3) is 11.2. The molecule has 2 aromatic heterocycles. The second kappa shape index (κ2) is 15.7. The van der Waals surface area contributed by atoms with E-state index in [1.54, 1.807) is 11.3 Å². The van der Waals surface area contributed by atoms with E-state index < -0.39 is 0 Å². The van der Waals surface area contributed by atoms with E-state index >= 15 is 0 Å². The summed E-state index contributed by atoms with van der Waals surface area (Å²) in [5.74, 6) is 0. The Morgan fingerprint density at radius 2 is 1.44 bits per heavy atom. The minimum atomic E-state index is 0.217. The van der Waals surface area contributed by atoms with Crippen molar-refractivity contribution in [3.05, 3.63) is 43.8 Å². The van der Waals surface area contributed by atoms with Gasteiger partial charge in [-0.15, -0.1) is 22.7 Å². The van der Waals surface area contributed by atoms with Gasteiger partial charge < -0.3 is 9.84 Å². The van der Waals surface area contributed by atoms with Crippen molar-refractivity contribution in [3.8, 4) is 0 Å².